The second-order valence-electron chi connectivity index (χ2n) is 5.55. The summed E-state index contributed by atoms with van der Waals surface area (Å²) < 4.78 is 10.8. The number of thiophene rings is 1. The monoisotopic (exact) mass is 327 g/mol. The Labute approximate surface area is 138 Å². The average Bonchev–Trinajstić information content (AvgIpc) is 3.12. The van der Waals surface area contributed by atoms with Gasteiger partial charge >= 0.3 is 0 Å². The summed E-state index contributed by atoms with van der Waals surface area (Å²) in [5.41, 5.74) is 2.47. The average molecular weight is 327 g/mol. The summed E-state index contributed by atoms with van der Waals surface area (Å²) in [4.78, 5) is 11.1. The van der Waals surface area contributed by atoms with Gasteiger partial charge in [-0.1, -0.05) is 6.07 Å². The van der Waals surface area contributed by atoms with Gasteiger partial charge in [-0.2, -0.15) is 0 Å². The molecule has 1 aliphatic heterocycles. The number of nitrogens with one attached hydrogen (secondary N) is 1. The van der Waals surface area contributed by atoms with E-state index in [-0.39, 0.29) is 0 Å². The lowest BCUT2D eigenvalue weighted by Crippen LogP contribution is -2.07. The molecule has 3 heterocycles. The maximum Gasteiger partial charge on any atom is 0.231 e. The summed E-state index contributed by atoms with van der Waals surface area (Å²) in [5.74, 6) is 2.57. The van der Waals surface area contributed by atoms with Crippen LogP contribution in [0, 0.1) is 13.8 Å². The highest BCUT2D eigenvalue weighted by atomic mass is 32.1. The molecule has 4 rings (SSSR count). The molecule has 2 aromatic heterocycles. The summed E-state index contributed by atoms with van der Waals surface area (Å²) in [6.07, 6.45) is 2.52. The minimum Gasteiger partial charge on any atom is -0.454 e. The van der Waals surface area contributed by atoms with Gasteiger partial charge in [-0.05, 0) is 43.5 Å². The van der Waals surface area contributed by atoms with Crippen molar-refractivity contribution in [2.24, 2.45) is 0 Å². The number of benzene rings is 1. The van der Waals surface area contributed by atoms with Crippen molar-refractivity contribution >= 4 is 27.4 Å². The summed E-state index contributed by atoms with van der Waals surface area (Å²) >= 11 is 1.71. The lowest BCUT2D eigenvalue weighted by Gasteiger charge is -2.08. The van der Waals surface area contributed by atoms with Gasteiger partial charge in [0.25, 0.3) is 0 Å². The summed E-state index contributed by atoms with van der Waals surface area (Å²) in [6.45, 7) is 5.37. The topological polar surface area (TPSA) is 56.3 Å². The SMILES string of the molecule is Cc1sc2ncnc(NCCc3ccc4c(c3)OCO4)c2c1C. The first-order chi connectivity index (χ1) is 11.2. The lowest BCUT2D eigenvalue weighted by molar-refractivity contribution is 0.174. The van der Waals surface area contributed by atoms with E-state index in [1.807, 2.05) is 12.1 Å². The second-order valence-corrected chi connectivity index (χ2v) is 6.75. The molecular weight excluding hydrogens is 310 g/mol. The highest BCUT2D eigenvalue weighted by Gasteiger charge is 2.14. The maximum absolute atomic E-state index is 5.42. The van der Waals surface area contributed by atoms with Crippen molar-refractivity contribution in [3.63, 3.8) is 0 Å². The number of fused-ring (bicyclic) bond motifs is 2. The van der Waals surface area contributed by atoms with E-state index in [1.54, 1.807) is 17.7 Å². The highest BCUT2D eigenvalue weighted by Crippen LogP contribution is 2.33. The van der Waals surface area contributed by atoms with Gasteiger partial charge in [0, 0.05) is 11.4 Å². The number of rotatable bonds is 4. The molecule has 5 nitrogen and oxygen atoms in total. The smallest absolute Gasteiger partial charge is 0.231 e. The molecule has 1 aromatic carbocycles. The van der Waals surface area contributed by atoms with E-state index in [0.29, 0.717) is 6.79 Å². The largest absolute Gasteiger partial charge is 0.454 e. The third kappa shape index (κ3) is 2.59. The number of anilines is 1. The Kier molecular flexibility index (Phi) is 3.53. The summed E-state index contributed by atoms with van der Waals surface area (Å²) in [7, 11) is 0. The second kappa shape index (κ2) is 5.70. The van der Waals surface area contributed by atoms with E-state index >= 15 is 0 Å². The minimum absolute atomic E-state index is 0.312. The van der Waals surface area contributed by atoms with Gasteiger partial charge in [-0.25, -0.2) is 9.97 Å². The van der Waals surface area contributed by atoms with E-state index in [9.17, 15) is 0 Å². The van der Waals surface area contributed by atoms with Crippen LogP contribution in [0.1, 0.15) is 16.0 Å². The molecule has 0 amide bonds. The van der Waals surface area contributed by atoms with E-state index in [2.05, 4.69) is 35.2 Å². The number of ether oxygens (including phenoxy) is 2. The van der Waals surface area contributed by atoms with Crippen LogP contribution >= 0.6 is 11.3 Å². The fourth-order valence-electron chi connectivity index (χ4n) is 2.74. The first-order valence-corrected chi connectivity index (χ1v) is 8.37. The molecular formula is C17H17N3O2S. The lowest BCUT2D eigenvalue weighted by atomic mass is 10.1. The quantitative estimate of drug-likeness (QED) is 0.792. The molecule has 6 heteroatoms. The zero-order chi connectivity index (χ0) is 15.8. The van der Waals surface area contributed by atoms with E-state index in [4.69, 9.17) is 9.47 Å². The number of nitrogens with zero attached hydrogens (tertiary/aromatic N) is 2. The van der Waals surface area contributed by atoms with E-state index < -0.39 is 0 Å². The molecule has 0 bridgehead atoms. The van der Waals surface area contributed by atoms with Crippen molar-refractivity contribution < 1.29 is 9.47 Å². The zero-order valence-electron chi connectivity index (χ0n) is 13.0. The van der Waals surface area contributed by atoms with Crippen LogP contribution in [-0.4, -0.2) is 23.3 Å². The number of aryl methyl sites for hydroxylation is 2. The van der Waals surface area contributed by atoms with Gasteiger partial charge in [0.15, 0.2) is 11.5 Å². The fraction of sp³-hybridized carbons (Fsp3) is 0.294. The van der Waals surface area contributed by atoms with Gasteiger partial charge in [0.1, 0.15) is 17.0 Å². The molecule has 0 aliphatic carbocycles. The Hall–Kier alpha value is -2.34. The van der Waals surface area contributed by atoms with Gasteiger partial charge in [0.2, 0.25) is 6.79 Å². The zero-order valence-corrected chi connectivity index (χ0v) is 13.9. The molecule has 0 spiro atoms. The first kappa shape index (κ1) is 14.3. The van der Waals surface area contributed by atoms with Crippen LogP contribution in [0.25, 0.3) is 10.2 Å². The third-order valence-corrected chi connectivity index (χ3v) is 5.22. The molecule has 0 saturated carbocycles. The Morgan fingerprint density at radius 2 is 2.04 bits per heavy atom. The fourth-order valence-corrected chi connectivity index (χ4v) is 3.73. The molecule has 23 heavy (non-hydrogen) atoms. The molecule has 1 N–H and O–H groups in total. The Morgan fingerprint density at radius 3 is 2.96 bits per heavy atom. The van der Waals surface area contributed by atoms with Gasteiger partial charge in [-0.15, -0.1) is 11.3 Å². The first-order valence-electron chi connectivity index (χ1n) is 7.55. The van der Waals surface area contributed by atoms with Crippen molar-refractivity contribution in [3.8, 4) is 11.5 Å². The maximum atomic E-state index is 5.42. The van der Waals surface area contributed by atoms with Crippen molar-refractivity contribution in [2.75, 3.05) is 18.7 Å². The summed E-state index contributed by atoms with van der Waals surface area (Å²) in [5, 5.41) is 4.58. The van der Waals surface area contributed by atoms with Crippen molar-refractivity contribution in [1.29, 1.82) is 0 Å². The molecule has 0 atom stereocenters. The molecule has 118 valence electrons. The standard InChI is InChI=1S/C17H17N3O2S/c1-10-11(2)23-17-15(10)16(19-8-20-17)18-6-5-12-3-4-13-14(7-12)22-9-21-13/h3-4,7-8H,5-6,9H2,1-2H3,(H,18,19,20). The molecule has 3 aromatic rings. The van der Waals surface area contributed by atoms with Crippen molar-refractivity contribution in [1.82, 2.24) is 9.97 Å². The minimum atomic E-state index is 0.312. The molecule has 0 saturated heterocycles. The normalized spacial score (nSPS) is 12.8. The van der Waals surface area contributed by atoms with E-state index in [1.165, 1.54) is 16.0 Å². The van der Waals surface area contributed by atoms with Crippen LogP contribution in [0.4, 0.5) is 5.82 Å². The molecule has 0 fully saturated rings. The van der Waals surface area contributed by atoms with Gasteiger partial charge < -0.3 is 14.8 Å². The molecule has 0 unspecified atom stereocenters. The van der Waals surface area contributed by atoms with Gasteiger partial charge in [-0.3, -0.25) is 0 Å². The van der Waals surface area contributed by atoms with Crippen LogP contribution in [0.3, 0.4) is 0 Å². The predicted octanol–water partition coefficient (Wildman–Crippen LogP) is 3.69. The third-order valence-electron chi connectivity index (χ3n) is 4.11. The summed E-state index contributed by atoms with van der Waals surface area (Å²) in [6, 6.07) is 6.08. The number of aromatic nitrogens is 2. The van der Waals surface area contributed by atoms with Crippen LogP contribution in [-0.2, 0) is 6.42 Å². The Balaban J connectivity index is 1.49. The molecule has 0 radical (unpaired) electrons. The highest BCUT2D eigenvalue weighted by molar-refractivity contribution is 7.18. The van der Waals surface area contributed by atoms with Crippen molar-refractivity contribution in [3.05, 3.63) is 40.5 Å². The predicted molar refractivity (Wildman–Crippen MR) is 91.6 cm³/mol. The Bertz CT molecular complexity index is 876. The number of hydrogen-bond donors (Lipinski definition) is 1. The van der Waals surface area contributed by atoms with Gasteiger partial charge in [0.05, 0.1) is 5.39 Å². The van der Waals surface area contributed by atoms with Crippen LogP contribution in [0.15, 0.2) is 24.5 Å². The number of hydrogen-bond acceptors (Lipinski definition) is 6. The van der Waals surface area contributed by atoms with Crippen LogP contribution in [0.2, 0.25) is 0 Å². The van der Waals surface area contributed by atoms with E-state index in [0.717, 1.165) is 40.5 Å². The molecule has 1 aliphatic rings. The van der Waals surface area contributed by atoms with Crippen LogP contribution in [0.5, 0.6) is 11.5 Å². The Morgan fingerprint density at radius 1 is 1.17 bits per heavy atom. The van der Waals surface area contributed by atoms with Crippen molar-refractivity contribution in [2.45, 2.75) is 20.3 Å². The van der Waals surface area contributed by atoms with Crippen LogP contribution < -0.4 is 14.8 Å².